The number of ketones is 1. The van der Waals surface area contributed by atoms with Gasteiger partial charge in [-0.25, -0.2) is 4.79 Å². The van der Waals surface area contributed by atoms with Crippen molar-refractivity contribution in [3.63, 3.8) is 0 Å². The fourth-order valence-electron chi connectivity index (χ4n) is 2.02. The predicted molar refractivity (Wildman–Crippen MR) is 81.4 cm³/mol. The number of hydrogen-bond donors (Lipinski definition) is 1. The Morgan fingerprint density at radius 2 is 1.62 bits per heavy atom. The second-order valence-corrected chi connectivity index (χ2v) is 4.63. The van der Waals surface area contributed by atoms with E-state index in [1.807, 2.05) is 24.3 Å². The number of anilines is 1. The molecule has 1 N–H and O–H groups in total. The van der Waals surface area contributed by atoms with E-state index in [9.17, 15) is 9.59 Å². The van der Waals surface area contributed by atoms with Crippen molar-refractivity contribution in [2.45, 2.75) is 13.0 Å². The van der Waals surface area contributed by atoms with Crippen LogP contribution in [0.5, 0.6) is 0 Å². The zero-order valence-electron chi connectivity index (χ0n) is 12.0. The zero-order chi connectivity index (χ0) is 15.2. The number of esters is 1. The van der Waals surface area contributed by atoms with Crippen LogP contribution in [0.15, 0.2) is 54.6 Å². The largest absolute Gasteiger partial charge is 0.467 e. The number of ether oxygens (including phenoxy) is 1. The molecule has 0 spiro atoms. The van der Waals surface area contributed by atoms with E-state index in [2.05, 4.69) is 10.1 Å². The molecule has 4 nitrogen and oxygen atoms in total. The molecular weight excluding hydrogens is 266 g/mol. The standard InChI is InChI=1S/C17H17NO3/c1-12(17(20)21-2)18-15-11-7-6-10-14(15)16(19)13-8-4-3-5-9-13/h3-12,18H,1-2H3. The molecule has 21 heavy (non-hydrogen) atoms. The van der Waals surface area contributed by atoms with Gasteiger partial charge in [0.15, 0.2) is 5.78 Å². The van der Waals surface area contributed by atoms with Crippen LogP contribution in [0.2, 0.25) is 0 Å². The summed E-state index contributed by atoms with van der Waals surface area (Å²) in [6, 6.07) is 15.6. The van der Waals surface area contributed by atoms with Gasteiger partial charge in [0, 0.05) is 16.8 Å². The van der Waals surface area contributed by atoms with Crippen LogP contribution >= 0.6 is 0 Å². The summed E-state index contributed by atoms with van der Waals surface area (Å²) in [5.41, 5.74) is 1.75. The average molecular weight is 283 g/mol. The molecule has 0 fully saturated rings. The van der Waals surface area contributed by atoms with Gasteiger partial charge in [0.1, 0.15) is 6.04 Å². The molecule has 2 aromatic rings. The van der Waals surface area contributed by atoms with Gasteiger partial charge in [0.2, 0.25) is 0 Å². The van der Waals surface area contributed by atoms with Crippen molar-refractivity contribution in [2.24, 2.45) is 0 Å². The fraction of sp³-hybridized carbons (Fsp3) is 0.176. The molecule has 2 aromatic carbocycles. The van der Waals surface area contributed by atoms with Crippen LogP contribution in [0, 0.1) is 0 Å². The van der Waals surface area contributed by atoms with E-state index in [-0.39, 0.29) is 11.8 Å². The molecule has 0 aliphatic rings. The highest BCUT2D eigenvalue weighted by Crippen LogP contribution is 2.20. The lowest BCUT2D eigenvalue weighted by Gasteiger charge is -2.15. The molecule has 108 valence electrons. The molecular formula is C17H17NO3. The van der Waals surface area contributed by atoms with Gasteiger partial charge in [-0.15, -0.1) is 0 Å². The van der Waals surface area contributed by atoms with E-state index in [0.29, 0.717) is 16.8 Å². The number of methoxy groups -OCH3 is 1. The first kappa shape index (κ1) is 14.8. The van der Waals surface area contributed by atoms with Gasteiger partial charge in [0.25, 0.3) is 0 Å². The highest BCUT2D eigenvalue weighted by Gasteiger charge is 2.17. The third-order valence-electron chi connectivity index (χ3n) is 3.13. The number of carbonyl (C=O) groups excluding carboxylic acids is 2. The maximum atomic E-state index is 12.5. The summed E-state index contributed by atoms with van der Waals surface area (Å²) in [5, 5.41) is 3.02. The van der Waals surface area contributed by atoms with Crippen LogP contribution < -0.4 is 5.32 Å². The average Bonchev–Trinajstić information content (AvgIpc) is 2.54. The SMILES string of the molecule is COC(=O)C(C)Nc1ccccc1C(=O)c1ccccc1. The molecule has 0 aliphatic carbocycles. The molecule has 1 unspecified atom stereocenters. The van der Waals surface area contributed by atoms with E-state index >= 15 is 0 Å². The van der Waals surface area contributed by atoms with Gasteiger partial charge < -0.3 is 10.1 Å². The number of para-hydroxylation sites is 1. The van der Waals surface area contributed by atoms with Crippen molar-refractivity contribution < 1.29 is 14.3 Å². The lowest BCUT2D eigenvalue weighted by molar-refractivity contribution is -0.141. The van der Waals surface area contributed by atoms with Crippen molar-refractivity contribution in [1.82, 2.24) is 0 Å². The van der Waals surface area contributed by atoms with Crippen LogP contribution in [-0.4, -0.2) is 24.9 Å². The molecule has 0 aliphatic heterocycles. The van der Waals surface area contributed by atoms with E-state index < -0.39 is 6.04 Å². The molecule has 0 radical (unpaired) electrons. The normalized spacial score (nSPS) is 11.5. The van der Waals surface area contributed by atoms with E-state index in [1.165, 1.54) is 7.11 Å². The highest BCUT2D eigenvalue weighted by molar-refractivity contribution is 6.12. The molecule has 0 aromatic heterocycles. The van der Waals surface area contributed by atoms with E-state index in [0.717, 1.165) is 0 Å². The van der Waals surface area contributed by atoms with Crippen LogP contribution in [0.3, 0.4) is 0 Å². The Hall–Kier alpha value is -2.62. The zero-order valence-corrected chi connectivity index (χ0v) is 12.0. The van der Waals surface area contributed by atoms with Crippen molar-refractivity contribution in [2.75, 3.05) is 12.4 Å². The van der Waals surface area contributed by atoms with Crippen LogP contribution in [0.4, 0.5) is 5.69 Å². The van der Waals surface area contributed by atoms with Crippen LogP contribution in [0.1, 0.15) is 22.8 Å². The smallest absolute Gasteiger partial charge is 0.327 e. The first-order valence-corrected chi connectivity index (χ1v) is 6.66. The van der Waals surface area contributed by atoms with Gasteiger partial charge >= 0.3 is 5.97 Å². The molecule has 1 atom stereocenters. The number of carbonyl (C=O) groups is 2. The summed E-state index contributed by atoms with van der Waals surface area (Å²) in [6.07, 6.45) is 0. The van der Waals surface area contributed by atoms with Crippen molar-refractivity contribution in [3.05, 3.63) is 65.7 Å². The van der Waals surface area contributed by atoms with Crippen molar-refractivity contribution >= 4 is 17.4 Å². The molecule has 0 bridgehead atoms. The maximum Gasteiger partial charge on any atom is 0.327 e. The molecule has 0 saturated carbocycles. The number of hydrogen-bond acceptors (Lipinski definition) is 4. The maximum absolute atomic E-state index is 12.5. The summed E-state index contributed by atoms with van der Waals surface area (Å²) in [6.45, 7) is 1.69. The molecule has 4 heteroatoms. The summed E-state index contributed by atoms with van der Waals surface area (Å²) < 4.78 is 4.68. The highest BCUT2D eigenvalue weighted by atomic mass is 16.5. The summed E-state index contributed by atoms with van der Waals surface area (Å²) in [5.74, 6) is -0.465. The molecule has 0 saturated heterocycles. The van der Waals surface area contributed by atoms with Crippen LogP contribution in [-0.2, 0) is 9.53 Å². The number of nitrogens with one attached hydrogen (secondary N) is 1. The molecule has 0 amide bonds. The minimum Gasteiger partial charge on any atom is -0.467 e. The van der Waals surface area contributed by atoms with E-state index in [4.69, 9.17) is 0 Å². The Kier molecular flexibility index (Phi) is 4.72. The van der Waals surface area contributed by atoms with Gasteiger partial charge in [-0.2, -0.15) is 0 Å². The van der Waals surface area contributed by atoms with Gasteiger partial charge in [0.05, 0.1) is 7.11 Å². The fourth-order valence-corrected chi connectivity index (χ4v) is 2.02. The summed E-state index contributed by atoms with van der Waals surface area (Å²) >= 11 is 0. The minimum absolute atomic E-state index is 0.0873. The van der Waals surface area contributed by atoms with Crippen LogP contribution in [0.25, 0.3) is 0 Å². The Morgan fingerprint density at radius 1 is 1.00 bits per heavy atom. The second kappa shape index (κ2) is 6.70. The molecule has 2 rings (SSSR count). The lowest BCUT2D eigenvalue weighted by Crippen LogP contribution is -2.28. The Morgan fingerprint density at radius 3 is 2.29 bits per heavy atom. The first-order chi connectivity index (χ1) is 10.1. The topological polar surface area (TPSA) is 55.4 Å². The molecule has 0 heterocycles. The first-order valence-electron chi connectivity index (χ1n) is 6.66. The number of benzene rings is 2. The Labute approximate surface area is 123 Å². The van der Waals surface area contributed by atoms with Gasteiger partial charge in [-0.1, -0.05) is 42.5 Å². The van der Waals surface area contributed by atoms with Crippen molar-refractivity contribution in [1.29, 1.82) is 0 Å². The summed E-state index contributed by atoms with van der Waals surface area (Å²) in [4.78, 5) is 24.0. The third-order valence-corrected chi connectivity index (χ3v) is 3.13. The predicted octanol–water partition coefficient (Wildman–Crippen LogP) is 2.89. The number of rotatable bonds is 5. The van der Waals surface area contributed by atoms with Crippen molar-refractivity contribution in [3.8, 4) is 0 Å². The summed E-state index contributed by atoms with van der Waals surface area (Å²) in [7, 11) is 1.33. The third kappa shape index (κ3) is 3.48. The van der Waals surface area contributed by atoms with Gasteiger partial charge in [-0.05, 0) is 19.1 Å². The van der Waals surface area contributed by atoms with Gasteiger partial charge in [-0.3, -0.25) is 4.79 Å². The Bertz CT molecular complexity index is 637. The lowest BCUT2D eigenvalue weighted by atomic mass is 10.0. The minimum atomic E-state index is -0.528. The Balaban J connectivity index is 2.29. The van der Waals surface area contributed by atoms with E-state index in [1.54, 1.807) is 37.3 Å². The second-order valence-electron chi connectivity index (χ2n) is 4.63. The monoisotopic (exact) mass is 283 g/mol. The quantitative estimate of drug-likeness (QED) is 0.677.